The lowest BCUT2D eigenvalue weighted by atomic mass is 10.00. The van der Waals surface area contributed by atoms with Gasteiger partial charge in [-0.3, -0.25) is 0 Å². The number of fused-ring (bicyclic) bond motifs is 1. The van der Waals surface area contributed by atoms with E-state index in [1.54, 1.807) is 25.3 Å². The minimum Gasteiger partial charge on any atom is -0.497 e. The Morgan fingerprint density at radius 2 is 1.59 bits per heavy atom. The molecule has 4 heteroatoms. The summed E-state index contributed by atoms with van der Waals surface area (Å²) in [5, 5.41) is 0.792. The first-order chi connectivity index (χ1) is 14.0. The number of carbonyl (C=O) groups is 1. The number of nitrogens with zero attached hydrogens (tertiary/aromatic N) is 1. The summed E-state index contributed by atoms with van der Waals surface area (Å²) < 4.78 is 10.9. The molecule has 0 N–H and O–H groups in total. The number of ether oxygens (including phenoxy) is 2. The van der Waals surface area contributed by atoms with Gasteiger partial charge in [0.05, 0.1) is 23.9 Å². The Hall–Kier alpha value is -3.66. The van der Waals surface area contributed by atoms with Crippen LogP contribution in [-0.4, -0.2) is 18.1 Å². The van der Waals surface area contributed by atoms with Crippen molar-refractivity contribution < 1.29 is 14.3 Å². The molecule has 0 aliphatic heterocycles. The van der Waals surface area contributed by atoms with E-state index in [2.05, 4.69) is 6.07 Å². The lowest BCUT2D eigenvalue weighted by Crippen LogP contribution is -2.10. The summed E-state index contributed by atoms with van der Waals surface area (Å²) in [7, 11) is 1.63. The van der Waals surface area contributed by atoms with Crippen LogP contribution in [0.2, 0.25) is 0 Å². The van der Waals surface area contributed by atoms with Crippen LogP contribution in [0, 0.1) is 13.8 Å². The fraction of sp³-hybridized carbons (Fsp3) is 0.120. The predicted octanol–water partition coefficient (Wildman–Crippen LogP) is 5.75. The second kappa shape index (κ2) is 7.76. The van der Waals surface area contributed by atoms with Crippen LogP contribution < -0.4 is 9.47 Å². The molecule has 4 aromatic rings. The fourth-order valence-corrected chi connectivity index (χ4v) is 3.41. The Labute approximate surface area is 169 Å². The molecule has 1 aromatic heterocycles. The van der Waals surface area contributed by atoms with E-state index in [4.69, 9.17) is 14.5 Å². The SMILES string of the molecule is COc1ccc(-c2cc(C(=O)Oc3ccccc3)c3cc(C)cc(C)c3n2)cc1. The zero-order chi connectivity index (χ0) is 20.4. The Kier molecular flexibility index (Phi) is 5.00. The van der Waals surface area contributed by atoms with Gasteiger partial charge in [-0.15, -0.1) is 0 Å². The van der Waals surface area contributed by atoms with E-state index < -0.39 is 5.97 Å². The van der Waals surface area contributed by atoms with Crippen molar-refractivity contribution in [1.29, 1.82) is 0 Å². The molecule has 0 aliphatic rings. The van der Waals surface area contributed by atoms with Gasteiger partial charge in [-0.1, -0.05) is 29.8 Å². The summed E-state index contributed by atoms with van der Waals surface area (Å²) in [6, 6.07) is 22.6. The van der Waals surface area contributed by atoms with Crippen molar-refractivity contribution in [3.8, 4) is 22.8 Å². The lowest BCUT2D eigenvalue weighted by Gasteiger charge is -2.12. The van der Waals surface area contributed by atoms with Crippen molar-refractivity contribution >= 4 is 16.9 Å². The maximum absolute atomic E-state index is 13.1. The number of aromatic nitrogens is 1. The van der Waals surface area contributed by atoms with Crippen LogP contribution in [0.4, 0.5) is 0 Å². The maximum Gasteiger partial charge on any atom is 0.344 e. The lowest BCUT2D eigenvalue weighted by molar-refractivity contribution is 0.0737. The van der Waals surface area contributed by atoms with E-state index in [1.807, 2.05) is 62.4 Å². The van der Waals surface area contributed by atoms with Crippen molar-refractivity contribution in [3.63, 3.8) is 0 Å². The first kappa shape index (κ1) is 18.7. The third-order valence-corrected chi connectivity index (χ3v) is 4.81. The number of carbonyl (C=O) groups excluding carboxylic acids is 1. The van der Waals surface area contributed by atoms with Gasteiger partial charge in [-0.25, -0.2) is 9.78 Å². The van der Waals surface area contributed by atoms with Crippen molar-refractivity contribution in [2.45, 2.75) is 13.8 Å². The average molecular weight is 383 g/mol. The van der Waals surface area contributed by atoms with Gasteiger partial charge in [-0.05, 0) is 67.9 Å². The Balaban J connectivity index is 1.87. The molecule has 4 nitrogen and oxygen atoms in total. The predicted molar refractivity (Wildman–Crippen MR) is 115 cm³/mol. The zero-order valence-electron chi connectivity index (χ0n) is 16.6. The number of rotatable bonds is 4. The molecule has 0 radical (unpaired) electrons. The van der Waals surface area contributed by atoms with Gasteiger partial charge in [0.25, 0.3) is 0 Å². The van der Waals surface area contributed by atoms with Crippen LogP contribution in [0.15, 0.2) is 72.8 Å². The van der Waals surface area contributed by atoms with Crippen molar-refractivity contribution in [1.82, 2.24) is 4.98 Å². The van der Waals surface area contributed by atoms with Crippen LogP contribution in [0.1, 0.15) is 21.5 Å². The minimum atomic E-state index is -0.400. The molecule has 29 heavy (non-hydrogen) atoms. The highest BCUT2D eigenvalue weighted by molar-refractivity contribution is 6.06. The molecule has 0 amide bonds. The molecular weight excluding hydrogens is 362 g/mol. The number of methoxy groups -OCH3 is 1. The summed E-state index contributed by atoms with van der Waals surface area (Å²) in [6.45, 7) is 4.02. The average Bonchev–Trinajstić information content (AvgIpc) is 2.74. The number of benzene rings is 3. The van der Waals surface area contributed by atoms with Crippen molar-refractivity contribution in [3.05, 3.63) is 89.5 Å². The van der Waals surface area contributed by atoms with Gasteiger partial charge in [-0.2, -0.15) is 0 Å². The van der Waals surface area contributed by atoms with Gasteiger partial charge in [0.2, 0.25) is 0 Å². The van der Waals surface area contributed by atoms with Crippen molar-refractivity contribution in [2.75, 3.05) is 7.11 Å². The summed E-state index contributed by atoms with van der Waals surface area (Å²) in [4.78, 5) is 17.9. The number of esters is 1. The van der Waals surface area contributed by atoms with E-state index in [1.165, 1.54) is 0 Å². The number of para-hydroxylation sites is 1. The fourth-order valence-electron chi connectivity index (χ4n) is 3.41. The van der Waals surface area contributed by atoms with Crippen LogP contribution in [0.25, 0.3) is 22.2 Å². The van der Waals surface area contributed by atoms with Crippen LogP contribution in [-0.2, 0) is 0 Å². The van der Waals surface area contributed by atoms with Crippen molar-refractivity contribution in [2.24, 2.45) is 0 Å². The molecular formula is C25H21NO3. The summed E-state index contributed by atoms with van der Waals surface area (Å²) in [6.07, 6.45) is 0. The molecule has 0 atom stereocenters. The third kappa shape index (κ3) is 3.83. The highest BCUT2D eigenvalue weighted by Gasteiger charge is 2.17. The monoisotopic (exact) mass is 383 g/mol. The third-order valence-electron chi connectivity index (χ3n) is 4.81. The molecule has 3 aromatic carbocycles. The molecule has 144 valence electrons. The summed E-state index contributed by atoms with van der Waals surface area (Å²) >= 11 is 0. The van der Waals surface area contributed by atoms with E-state index >= 15 is 0 Å². The quantitative estimate of drug-likeness (QED) is 0.333. The van der Waals surface area contributed by atoms with E-state index in [0.29, 0.717) is 17.0 Å². The molecule has 0 spiro atoms. The van der Waals surface area contributed by atoms with Gasteiger partial charge in [0.1, 0.15) is 11.5 Å². The highest BCUT2D eigenvalue weighted by Crippen LogP contribution is 2.29. The maximum atomic E-state index is 13.1. The Morgan fingerprint density at radius 3 is 2.28 bits per heavy atom. The molecule has 1 heterocycles. The number of hydrogen-bond donors (Lipinski definition) is 0. The molecule has 0 aliphatic carbocycles. The van der Waals surface area contributed by atoms with Crippen LogP contribution in [0.3, 0.4) is 0 Å². The zero-order valence-corrected chi connectivity index (χ0v) is 16.6. The minimum absolute atomic E-state index is 0.400. The smallest absolute Gasteiger partial charge is 0.344 e. The largest absolute Gasteiger partial charge is 0.497 e. The molecule has 0 fully saturated rings. The normalized spacial score (nSPS) is 10.7. The molecule has 0 saturated carbocycles. The first-order valence-corrected chi connectivity index (χ1v) is 9.39. The van der Waals surface area contributed by atoms with Crippen LogP contribution >= 0.6 is 0 Å². The van der Waals surface area contributed by atoms with Crippen LogP contribution in [0.5, 0.6) is 11.5 Å². The number of aryl methyl sites for hydroxylation is 2. The van der Waals surface area contributed by atoms with Gasteiger partial charge in [0.15, 0.2) is 0 Å². The van der Waals surface area contributed by atoms with Gasteiger partial charge >= 0.3 is 5.97 Å². The topological polar surface area (TPSA) is 48.4 Å². The Morgan fingerprint density at radius 1 is 0.862 bits per heavy atom. The number of pyridine rings is 1. The first-order valence-electron chi connectivity index (χ1n) is 9.39. The van der Waals surface area contributed by atoms with E-state index in [-0.39, 0.29) is 0 Å². The van der Waals surface area contributed by atoms with E-state index in [9.17, 15) is 4.79 Å². The molecule has 0 unspecified atom stereocenters. The summed E-state index contributed by atoms with van der Waals surface area (Å²) in [5.41, 5.74) is 5.00. The second-order valence-corrected chi connectivity index (χ2v) is 6.96. The standard InChI is InChI=1S/C25H21NO3/c1-16-13-17(2)24-21(14-16)22(25(27)29-20-7-5-4-6-8-20)15-23(26-24)18-9-11-19(28-3)12-10-18/h4-15H,1-3H3. The second-order valence-electron chi connectivity index (χ2n) is 6.96. The number of hydrogen-bond acceptors (Lipinski definition) is 4. The molecule has 0 saturated heterocycles. The molecule has 0 bridgehead atoms. The van der Waals surface area contributed by atoms with Gasteiger partial charge < -0.3 is 9.47 Å². The Bertz CT molecular complexity index is 1180. The molecule has 4 rings (SSSR count). The van der Waals surface area contributed by atoms with E-state index in [0.717, 1.165) is 33.3 Å². The highest BCUT2D eigenvalue weighted by atomic mass is 16.5. The van der Waals surface area contributed by atoms with Gasteiger partial charge in [0, 0.05) is 10.9 Å². The summed E-state index contributed by atoms with van der Waals surface area (Å²) in [5.74, 6) is 0.881.